The molecule has 2 N–H and O–H groups in total. The second-order valence-electron chi connectivity index (χ2n) is 3.48. The quantitative estimate of drug-likeness (QED) is 0.702. The molecule has 0 atom stereocenters. The van der Waals surface area contributed by atoms with E-state index < -0.39 is 0 Å². The predicted molar refractivity (Wildman–Crippen MR) is 49.6 cm³/mol. The maximum Gasteiger partial charge on any atom is 0.101 e. The van der Waals surface area contributed by atoms with Crippen LogP contribution in [0.25, 0.3) is 0 Å². The van der Waals surface area contributed by atoms with Gasteiger partial charge in [-0.1, -0.05) is 13.8 Å². The largest absolute Gasteiger partial charge is 0.342 e. The van der Waals surface area contributed by atoms with E-state index in [1.54, 1.807) is 0 Å². The molecule has 0 amide bonds. The first kappa shape index (κ1) is 9.20. The van der Waals surface area contributed by atoms with E-state index in [0.717, 1.165) is 12.5 Å². The zero-order valence-corrected chi connectivity index (χ0v) is 7.83. The molecule has 1 rings (SSSR count). The summed E-state index contributed by atoms with van der Waals surface area (Å²) in [6.45, 7) is 6.75. The molecular weight excluding hydrogens is 148 g/mol. The lowest BCUT2D eigenvalue weighted by Gasteiger charge is -2.03. The first-order valence-corrected chi connectivity index (χ1v) is 4.49. The summed E-state index contributed by atoms with van der Waals surface area (Å²) in [4.78, 5) is 3.97. The molecule has 0 bridgehead atoms. The maximum absolute atomic E-state index is 3.97. The lowest BCUT2D eigenvalue weighted by atomic mass is 10.2. The molecule has 0 saturated heterocycles. The van der Waals surface area contributed by atoms with Gasteiger partial charge in [-0.25, -0.2) is 0 Å². The number of hydrogen-bond acceptors (Lipinski definition) is 1. The van der Waals surface area contributed by atoms with Crippen LogP contribution in [0.4, 0.5) is 0 Å². The summed E-state index contributed by atoms with van der Waals surface area (Å²) >= 11 is 0. The highest BCUT2D eigenvalue weighted by Crippen LogP contribution is 1.91. The smallest absolute Gasteiger partial charge is 0.101 e. The summed E-state index contributed by atoms with van der Waals surface area (Å²) in [6.07, 6.45) is 3.69. The van der Waals surface area contributed by atoms with Gasteiger partial charge < -0.3 is 5.32 Å². The lowest BCUT2D eigenvalue weighted by Crippen LogP contribution is -2.83. The Bertz CT molecular complexity index is 206. The second kappa shape index (κ2) is 4.88. The van der Waals surface area contributed by atoms with Crippen molar-refractivity contribution in [3.8, 4) is 0 Å². The molecule has 2 heteroatoms. The zero-order chi connectivity index (χ0) is 8.81. The fourth-order valence-corrected chi connectivity index (χ4v) is 1.10. The number of rotatable bonds is 4. The molecule has 0 aliphatic rings. The molecule has 1 heterocycles. The summed E-state index contributed by atoms with van der Waals surface area (Å²) in [6, 6.07) is 4.13. The maximum atomic E-state index is 3.97. The average molecular weight is 165 g/mol. The summed E-state index contributed by atoms with van der Waals surface area (Å²) in [5.41, 5.74) is 1.35. The highest BCUT2D eigenvalue weighted by Gasteiger charge is 1.96. The molecular formula is C10H17N2+. The summed E-state index contributed by atoms with van der Waals surface area (Å²) in [7, 11) is 0. The fourth-order valence-electron chi connectivity index (χ4n) is 1.10. The van der Waals surface area contributed by atoms with Gasteiger partial charge >= 0.3 is 0 Å². The minimum Gasteiger partial charge on any atom is -0.342 e. The van der Waals surface area contributed by atoms with Gasteiger partial charge in [0.15, 0.2) is 0 Å². The van der Waals surface area contributed by atoms with Crippen LogP contribution in [-0.2, 0) is 6.54 Å². The topological polar surface area (TPSA) is 29.5 Å². The molecule has 0 aliphatic carbocycles. The number of nitrogens with two attached hydrogens (primary N) is 1. The van der Waals surface area contributed by atoms with Crippen molar-refractivity contribution in [1.29, 1.82) is 0 Å². The van der Waals surface area contributed by atoms with E-state index in [-0.39, 0.29) is 0 Å². The number of quaternary nitrogens is 1. The number of aromatic nitrogens is 1. The Labute approximate surface area is 74.0 Å². The van der Waals surface area contributed by atoms with Crippen LogP contribution in [0, 0.1) is 5.92 Å². The Morgan fingerprint density at radius 1 is 1.33 bits per heavy atom. The third-order valence-electron chi connectivity index (χ3n) is 1.77. The van der Waals surface area contributed by atoms with E-state index in [1.165, 1.54) is 12.1 Å². The summed E-state index contributed by atoms with van der Waals surface area (Å²) in [5.74, 6) is 0.770. The van der Waals surface area contributed by atoms with Crippen LogP contribution in [0.2, 0.25) is 0 Å². The molecule has 12 heavy (non-hydrogen) atoms. The molecule has 0 unspecified atom stereocenters. The molecule has 0 saturated carbocycles. The van der Waals surface area contributed by atoms with Crippen molar-refractivity contribution in [2.24, 2.45) is 5.92 Å². The van der Waals surface area contributed by atoms with Crippen molar-refractivity contribution in [3.63, 3.8) is 0 Å². The highest BCUT2D eigenvalue weighted by atomic mass is 14.8. The molecule has 0 aliphatic heterocycles. The van der Waals surface area contributed by atoms with E-state index >= 15 is 0 Å². The first-order valence-electron chi connectivity index (χ1n) is 4.49. The van der Waals surface area contributed by atoms with Crippen LogP contribution in [-0.4, -0.2) is 11.5 Å². The number of hydrogen-bond donors (Lipinski definition) is 1. The Kier molecular flexibility index (Phi) is 3.74. The van der Waals surface area contributed by atoms with Crippen molar-refractivity contribution in [2.45, 2.75) is 20.4 Å². The van der Waals surface area contributed by atoms with Gasteiger partial charge in [0.1, 0.15) is 6.54 Å². The molecule has 1 aromatic heterocycles. The van der Waals surface area contributed by atoms with Crippen LogP contribution in [0.3, 0.4) is 0 Å². The summed E-state index contributed by atoms with van der Waals surface area (Å²) < 4.78 is 0. The SMILES string of the molecule is CC(C)C[NH2+]Cc1ccncc1. The van der Waals surface area contributed by atoms with Gasteiger partial charge in [0.25, 0.3) is 0 Å². The molecule has 0 spiro atoms. The predicted octanol–water partition coefficient (Wildman–Crippen LogP) is 0.801. The summed E-state index contributed by atoms with van der Waals surface area (Å²) in [5, 5.41) is 2.33. The lowest BCUT2D eigenvalue weighted by molar-refractivity contribution is -0.675. The van der Waals surface area contributed by atoms with Crippen LogP contribution < -0.4 is 5.32 Å². The van der Waals surface area contributed by atoms with Gasteiger partial charge in [-0.05, 0) is 12.1 Å². The van der Waals surface area contributed by atoms with E-state index in [0.29, 0.717) is 0 Å². The monoisotopic (exact) mass is 165 g/mol. The van der Waals surface area contributed by atoms with Crippen LogP contribution in [0.1, 0.15) is 19.4 Å². The Morgan fingerprint density at radius 3 is 2.58 bits per heavy atom. The Hall–Kier alpha value is -0.890. The first-order chi connectivity index (χ1) is 5.79. The highest BCUT2D eigenvalue weighted by molar-refractivity contribution is 5.07. The standard InChI is InChI=1S/C10H16N2/c1-9(2)7-12-8-10-3-5-11-6-4-10/h3-6,9,12H,7-8H2,1-2H3/p+1. The van der Waals surface area contributed by atoms with E-state index in [1.807, 2.05) is 12.4 Å². The van der Waals surface area contributed by atoms with Crippen molar-refractivity contribution in [2.75, 3.05) is 6.54 Å². The van der Waals surface area contributed by atoms with Gasteiger partial charge in [-0.2, -0.15) is 0 Å². The van der Waals surface area contributed by atoms with Crippen molar-refractivity contribution in [1.82, 2.24) is 4.98 Å². The molecule has 0 aromatic carbocycles. The second-order valence-corrected chi connectivity index (χ2v) is 3.48. The molecule has 2 nitrogen and oxygen atoms in total. The van der Waals surface area contributed by atoms with E-state index in [2.05, 4.69) is 36.3 Å². The van der Waals surface area contributed by atoms with E-state index in [4.69, 9.17) is 0 Å². The normalized spacial score (nSPS) is 10.6. The minimum absolute atomic E-state index is 0.770. The third-order valence-corrected chi connectivity index (χ3v) is 1.77. The minimum atomic E-state index is 0.770. The van der Waals surface area contributed by atoms with Crippen LogP contribution in [0.5, 0.6) is 0 Å². The third kappa shape index (κ3) is 3.49. The van der Waals surface area contributed by atoms with Gasteiger partial charge in [-0.3, -0.25) is 4.98 Å². The number of nitrogens with zero attached hydrogens (tertiary/aromatic N) is 1. The number of pyridine rings is 1. The van der Waals surface area contributed by atoms with Crippen LogP contribution >= 0.6 is 0 Å². The average Bonchev–Trinajstić information content (AvgIpc) is 2.05. The molecule has 0 radical (unpaired) electrons. The van der Waals surface area contributed by atoms with Gasteiger partial charge in [0.05, 0.1) is 6.54 Å². The Balaban J connectivity index is 2.25. The van der Waals surface area contributed by atoms with Crippen LogP contribution in [0.15, 0.2) is 24.5 Å². The van der Waals surface area contributed by atoms with Crippen molar-refractivity contribution < 1.29 is 5.32 Å². The van der Waals surface area contributed by atoms with Gasteiger partial charge in [-0.15, -0.1) is 0 Å². The zero-order valence-electron chi connectivity index (χ0n) is 7.83. The molecule has 66 valence electrons. The fraction of sp³-hybridized carbons (Fsp3) is 0.500. The van der Waals surface area contributed by atoms with E-state index in [9.17, 15) is 0 Å². The van der Waals surface area contributed by atoms with Crippen molar-refractivity contribution in [3.05, 3.63) is 30.1 Å². The van der Waals surface area contributed by atoms with Gasteiger partial charge in [0.2, 0.25) is 0 Å². The Morgan fingerprint density at radius 2 is 2.00 bits per heavy atom. The molecule has 0 fully saturated rings. The van der Waals surface area contributed by atoms with Gasteiger partial charge in [0, 0.05) is 23.9 Å². The van der Waals surface area contributed by atoms with Crippen molar-refractivity contribution >= 4 is 0 Å². The molecule has 1 aromatic rings.